The Hall–Kier alpha value is -5.45. The number of nitrogens with two attached hydrogens (primary N) is 1. The van der Waals surface area contributed by atoms with Crippen molar-refractivity contribution in [2.75, 3.05) is 21.3 Å². The van der Waals surface area contributed by atoms with Crippen LogP contribution in [0.25, 0.3) is 0 Å². The number of esters is 1. The lowest BCUT2D eigenvalue weighted by Gasteiger charge is -2.37. The lowest BCUT2D eigenvalue weighted by atomic mass is 9.71. The first kappa shape index (κ1) is 45.3. The van der Waals surface area contributed by atoms with Gasteiger partial charge in [0.05, 0.1) is 22.4 Å². The third-order valence-electron chi connectivity index (χ3n) is 9.43. The number of phenolic OH excluding ortho intramolecular Hbond substituents is 3. The van der Waals surface area contributed by atoms with Gasteiger partial charge >= 0.3 is 5.97 Å². The van der Waals surface area contributed by atoms with E-state index in [1.54, 1.807) is 43.4 Å². The molecular formula is C44H44F2IN3O7S. The second kappa shape index (κ2) is 20.3. The third kappa shape index (κ3) is 10.3. The van der Waals surface area contributed by atoms with Gasteiger partial charge in [-0.15, -0.1) is 0 Å². The number of hydrogen-bond acceptors (Lipinski definition) is 9. The first-order valence-corrected chi connectivity index (χ1v) is 19.5. The number of nitrogens with one attached hydrogen (secondary N) is 2. The molecule has 1 aliphatic carbocycles. The van der Waals surface area contributed by atoms with Gasteiger partial charge in [0, 0.05) is 42.8 Å². The van der Waals surface area contributed by atoms with Gasteiger partial charge in [0.1, 0.15) is 23.1 Å². The molecule has 0 radical (unpaired) electrons. The van der Waals surface area contributed by atoms with Gasteiger partial charge in [0.25, 0.3) is 5.91 Å². The fraction of sp³-hybridized carbons (Fsp3) is 0.227. The largest absolute Gasteiger partial charge is 0.508 e. The predicted octanol–water partition coefficient (Wildman–Crippen LogP) is 7.17. The number of carbonyl (C=O) groups excluding carboxylic acids is 3. The zero-order valence-corrected chi connectivity index (χ0v) is 35.2. The Kier molecular flexibility index (Phi) is 15.8. The number of aromatic hydroxyl groups is 3. The minimum atomic E-state index is -1.10. The fourth-order valence-electron chi connectivity index (χ4n) is 6.62. The van der Waals surface area contributed by atoms with E-state index >= 15 is 0 Å². The van der Waals surface area contributed by atoms with E-state index in [4.69, 9.17) is 22.7 Å². The monoisotopic (exact) mass is 917 g/mol. The zero-order chi connectivity index (χ0) is 42.7. The van der Waals surface area contributed by atoms with Crippen molar-refractivity contribution in [1.29, 1.82) is 0 Å². The minimum absolute atomic E-state index is 0.153. The van der Waals surface area contributed by atoms with E-state index in [1.165, 1.54) is 31.3 Å². The van der Waals surface area contributed by atoms with Gasteiger partial charge in [-0.25, -0.2) is 9.18 Å². The number of fused-ring (bicyclic) bond motifs is 6. The molecule has 5 aromatic carbocycles. The van der Waals surface area contributed by atoms with Crippen LogP contribution in [-0.2, 0) is 34.4 Å². The quantitative estimate of drug-likeness (QED) is 0.0563. The van der Waals surface area contributed by atoms with Crippen molar-refractivity contribution in [2.24, 2.45) is 5.73 Å². The number of hydrogen-bond donors (Lipinski definition) is 6. The number of thiocarbonyl (C=S) groups is 1. The van der Waals surface area contributed by atoms with Gasteiger partial charge in [-0.2, -0.15) is 0 Å². The SMILES string of the molecule is CCC(=S)Cc1ccc2c(c1)C(=O)OC21c2ccc(O)cc2Cc2cc(O)ccc21.CNC(=O)C(N)Cc1ccc(O)c([123I])c1.CNC(=O)c1ccc([18F])cc1.C[18F]. The summed E-state index contributed by atoms with van der Waals surface area (Å²) in [5.74, 6) is -0.552. The number of alkyl halides is 1. The normalized spacial score (nSPS) is 12.9. The van der Waals surface area contributed by atoms with Crippen LogP contribution in [0, 0.1) is 9.39 Å². The summed E-state index contributed by atoms with van der Waals surface area (Å²) < 4.78 is 28.7. The number of benzene rings is 5. The topological polar surface area (TPSA) is 171 Å². The van der Waals surface area contributed by atoms with Crippen molar-refractivity contribution >= 4 is 57.5 Å². The molecule has 304 valence electrons. The molecule has 10 nitrogen and oxygen atoms in total. The van der Waals surface area contributed by atoms with E-state index in [9.17, 15) is 38.5 Å². The first-order chi connectivity index (χ1) is 27.7. The lowest BCUT2D eigenvalue weighted by Crippen LogP contribution is -2.40. The molecule has 0 aromatic heterocycles. The standard InChI is InChI=1S/C25H20O4S.C10H13IN2O2.C8H8FNO.CH3F/c1-2-19(30)9-14-3-6-23-20(10-14)24(28)29-25(23)21-7-4-17(26)12-15(21)11-16-13-18(27)5-8-22(16)25;1-13-10(15)8(12)5-6-2-3-9(14)7(11)4-6;1-10-8(11)6-2-4-7(9)5-3-6;1-2/h3-8,10,12-13,26-27H,2,9,11H2,1H3;2-4,8,14H,5,12H2,1H3,(H,13,15);2-5H,1H3,(H,10,11);1H3/i;11-4;9-1;2-1. The van der Waals surface area contributed by atoms with Crippen LogP contribution in [0.15, 0.2) is 97.1 Å². The van der Waals surface area contributed by atoms with Crippen molar-refractivity contribution < 1.29 is 43.2 Å². The average molecular weight is 918 g/mol. The molecular weight excluding hydrogens is 873 g/mol. The molecule has 7 rings (SSSR count). The molecule has 2 aliphatic rings. The van der Waals surface area contributed by atoms with Crippen LogP contribution in [0.1, 0.15) is 73.0 Å². The summed E-state index contributed by atoms with van der Waals surface area (Å²) in [6.45, 7) is 2.03. The van der Waals surface area contributed by atoms with Crippen LogP contribution in [0.2, 0.25) is 0 Å². The molecule has 1 unspecified atom stereocenters. The minimum Gasteiger partial charge on any atom is -0.508 e. The van der Waals surface area contributed by atoms with Crippen LogP contribution in [-0.4, -0.2) is 65.3 Å². The maximum atomic E-state index is 13.0. The van der Waals surface area contributed by atoms with E-state index in [0.29, 0.717) is 37.6 Å². The highest BCUT2D eigenvalue weighted by Gasteiger charge is 2.52. The highest BCUT2D eigenvalue weighted by molar-refractivity contribution is 14.1. The number of ether oxygens (including phenoxy) is 1. The Morgan fingerprint density at radius 1 is 0.845 bits per heavy atom. The first-order valence-electron chi connectivity index (χ1n) is 18.0. The molecule has 1 atom stereocenters. The molecule has 0 bridgehead atoms. The molecule has 7 N–H and O–H groups in total. The van der Waals surface area contributed by atoms with Crippen molar-refractivity contribution in [3.63, 3.8) is 0 Å². The number of amides is 2. The van der Waals surface area contributed by atoms with Gasteiger partial charge in [0.15, 0.2) is 5.60 Å². The second-order valence-corrected chi connectivity index (χ2v) is 14.9. The summed E-state index contributed by atoms with van der Waals surface area (Å²) in [6.07, 6.45) is 2.46. The maximum Gasteiger partial charge on any atom is 0.340 e. The van der Waals surface area contributed by atoms with Crippen molar-refractivity contribution in [1.82, 2.24) is 10.6 Å². The van der Waals surface area contributed by atoms with Crippen molar-refractivity contribution in [3.8, 4) is 17.2 Å². The van der Waals surface area contributed by atoms with Crippen LogP contribution in [0.5, 0.6) is 17.2 Å². The van der Waals surface area contributed by atoms with Gasteiger partial charge < -0.3 is 36.4 Å². The van der Waals surface area contributed by atoms with Crippen LogP contribution < -0.4 is 16.4 Å². The van der Waals surface area contributed by atoms with Crippen LogP contribution in [0.4, 0.5) is 8.78 Å². The summed E-state index contributed by atoms with van der Waals surface area (Å²) in [6, 6.07) is 26.1. The van der Waals surface area contributed by atoms with Crippen molar-refractivity contribution in [3.05, 3.63) is 157 Å². The van der Waals surface area contributed by atoms with Gasteiger partial charge in [-0.3, -0.25) is 14.0 Å². The van der Waals surface area contributed by atoms with Crippen molar-refractivity contribution in [2.45, 2.75) is 44.2 Å². The zero-order valence-electron chi connectivity index (χ0n) is 32.2. The van der Waals surface area contributed by atoms with Gasteiger partial charge in [0.2, 0.25) is 5.91 Å². The lowest BCUT2D eigenvalue weighted by molar-refractivity contribution is -0.121. The molecule has 5 aromatic rings. The Labute approximate surface area is 354 Å². The predicted molar refractivity (Wildman–Crippen MR) is 231 cm³/mol. The highest BCUT2D eigenvalue weighted by Crippen LogP contribution is 2.53. The number of halogens is 3. The van der Waals surface area contributed by atoms with Gasteiger partial charge in [-0.1, -0.05) is 49.5 Å². The number of phenols is 3. The molecule has 2 amide bonds. The molecule has 58 heavy (non-hydrogen) atoms. The van der Waals surface area contributed by atoms with E-state index in [2.05, 4.69) is 10.6 Å². The maximum absolute atomic E-state index is 13.0. The Morgan fingerprint density at radius 3 is 1.95 bits per heavy atom. The van der Waals surface area contributed by atoms with Crippen LogP contribution in [0.3, 0.4) is 0 Å². The highest BCUT2D eigenvalue weighted by atomic mass is 123. The third-order valence-corrected chi connectivity index (χ3v) is 10.7. The van der Waals surface area contributed by atoms with Crippen LogP contribution >= 0.6 is 34.8 Å². The average Bonchev–Trinajstić information content (AvgIpc) is 3.50. The molecule has 0 saturated carbocycles. The smallest absolute Gasteiger partial charge is 0.340 e. The summed E-state index contributed by atoms with van der Waals surface area (Å²) >= 11 is 7.41. The number of rotatable bonds is 7. The number of carbonyl (C=O) groups is 3. The Bertz CT molecular complexity index is 2250. The fourth-order valence-corrected chi connectivity index (χ4v) is 7.37. The molecule has 0 fully saturated rings. The summed E-state index contributed by atoms with van der Waals surface area (Å²) in [5.41, 5.74) is 11.7. The number of likely N-dealkylation sites (N-methyl/N-ethyl adjacent to an activating group) is 1. The molecule has 1 heterocycles. The summed E-state index contributed by atoms with van der Waals surface area (Å²) in [7, 11) is 3.59. The van der Waals surface area contributed by atoms with Gasteiger partial charge in [-0.05, 0) is 136 Å². The molecule has 1 spiro atoms. The summed E-state index contributed by atoms with van der Waals surface area (Å²) in [4.78, 5) is 36.1. The van der Waals surface area contributed by atoms with E-state index < -0.39 is 11.6 Å². The Morgan fingerprint density at radius 2 is 1.41 bits per heavy atom. The van der Waals surface area contributed by atoms with E-state index in [-0.39, 0.29) is 40.8 Å². The van der Waals surface area contributed by atoms with E-state index in [0.717, 1.165) is 53.8 Å². The second-order valence-electron chi connectivity index (χ2n) is 13.2. The molecule has 0 saturated heterocycles. The Balaban J connectivity index is 0.000000221. The molecule has 1 aliphatic heterocycles. The molecule has 14 heteroatoms. The van der Waals surface area contributed by atoms with E-state index in [1.807, 2.05) is 65.9 Å². The summed E-state index contributed by atoms with van der Waals surface area (Å²) in [5, 5.41) is 34.3.